The monoisotopic (exact) mass is 360 g/mol. The highest BCUT2D eigenvalue weighted by Crippen LogP contribution is 2.22. The van der Waals surface area contributed by atoms with Crippen LogP contribution in [-0.2, 0) is 4.79 Å². The molecule has 4 nitrogen and oxygen atoms in total. The van der Waals surface area contributed by atoms with Gasteiger partial charge in [-0.2, -0.15) is 0 Å². The molecule has 6 heteroatoms. The van der Waals surface area contributed by atoms with E-state index < -0.39 is 0 Å². The van der Waals surface area contributed by atoms with Gasteiger partial charge in [0.05, 0.1) is 0 Å². The van der Waals surface area contributed by atoms with E-state index in [1.54, 1.807) is 56.6 Å². The Kier molecular flexibility index (Phi) is 6.46. The molecular formula is C18H17ClN2O2S. The molecule has 2 aromatic carbocycles. The van der Waals surface area contributed by atoms with Gasteiger partial charge in [0.2, 0.25) is 5.91 Å². The van der Waals surface area contributed by atoms with E-state index in [2.05, 4.69) is 5.32 Å². The van der Waals surface area contributed by atoms with Gasteiger partial charge in [-0.1, -0.05) is 23.7 Å². The molecular weight excluding hydrogens is 344 g/mol. The summed E-state index contributed by atoms with van der Waals surface area (Å²) in [4.78, 5) is 25.9. The molecule has 0 saturated heterocycles. The van der Waals surface area contributed by atoms with Crippen LogP contribution >= 0.6 is 23.4 Å². The van der Waals surface area contributed by atoms with Gasteiger partial charge >= 0.3 is 0 Å². The van der Waals surface area contributed by atoms with Gasteiger partial charge in [-0.25, -0.2) is 0 Å². The third-order valence-electron chi connectivity index (χ3n) is 2.99. The largest absolute Gasteiger partial charge is 0.339 e. The lowest BCUT2D eigenvalue weighted by molar-refractivity contribution is -0.111. The topological polar surface area (TPSA) is 49.4 Å². The van der Waals surface area contributed by atoms with Crippen molar-refractivity contribution in [3.63, 3.8) is 0 Å². The van der Waals surface area contributed by atoms with Crippen molar-refractivity contribution in [3.8, 4) is 0 Å². The van der Waals surface area contributed by atoms with E-state index in [4.69, 9.17) is 11.6 Å². The Labute approximate surface area is 150 Å². The van der Waals surface area contributed by atoms with Crippen LogP contribution in [0.3, 0.4) is 0 Å². The fourth-order valence-electron chi connectivity index (χ4n) is 1.73. The van der Waals surface area contributed by atoms with Crippen LogP contribution in [0, 0.1) is 0 Å². The van der Waals surface area contributed by atoms with Crippen LogP contribution in [-0.4, -0.2) is 30.1 Å². The molecule has 2 amide bonds. The van der Waals surface area contributed by atoms with Gasteiger partial charge in [-0.15, -0.1) is 0 Å². The highest BCUT2D eigenvalue weighted by atomic mass is 35.5. The van der Waals surface area contributed by atoms with Crippen LogP contribution in [0.4, 0.5) is 10.5 Å². The molecule has 0 radical (unpaired) electrons. The maximum Gasteiger partial charge on any atom is 0.285 e. The average Bonchev–Trinajstić information content (AvgIpc) is 2.56. The van der Waals surface area contributed by atoms with E-state index in [9.17, 15) is 9.59 Å². The molecule has 2 aromatic rings. The summed E-state index contributed by atoms with van der Waals surface area (Å²) < 4.78 is 0. The summed E-state index contributed by atoms with van der Waals surface area (Å²) in [5, 5.41) is 3.38. The van der Waals surface area contributed by atoms with Gasteiger partial charge in [0.15, 0.2) is 0 Å². The molecule has 0 aliphatic heterocycles. The van der Waals surface area contributed by atoms with Crippen molar-refractivity contribution >= 4 is 46.3 Å². The van der Waals surface area contributed by atoms with E-state index in [0.29, 0.717) is 10.7 Å². The lowest BCUT2D eigenvalue weighted by Crippen LogP contribution is -2.16. The number of amides is 2. The maximum absolute atomic E-state index is 11.9. The van der Waals surface area contributed by atoms with Crippen molar-refractivity contribution in [1.29, 1.82) is 0 Å². The van der Waals surface area contributed by atoms with Gasteiger partial charge in [0.25, 0.3) is 5.24 Å². The van der Waals surface area contributed by atoms with Gasteiger partial charge in [-0.3, -0.25) is 9.59 Å². The average molecular weight is 361 g/mol. The maximum atomic E-state index is 11.9. The van der Waals surface area contributed by atoms with Crippen molar-refractivity contribution < 1.29 is 9.59 Å². The zero-order valence-corrected chi connectivity index (χ0v) is 14.9. The first-order chi connectivity index (χ1) is 11.4. The zero-order valence-electron chi connectivity index (χ0n) is 13.3. The standard InChI is InChI=1S/C18H17ClN2O2S/c1-21(2)18(23)24-16-10-8-15(9-11-16)20-17(22)12-5-13-3-6-14(19)7-4-13/h3-12H,1-2H3,(H,20,22)/b12-5+. The number of nitrogens with one attached hydrogen (secondary N) is 1. The van der Waals surface area contributed by atoms with Crippen LogP contribution in [0.15, 0.2) is 59.5 Å². The molecule has 2 rings (SSSR count). The fraction of sp³-hybridized carbons (Fsp3) is 0.111. The molecule has 0 aliphatic rings. The van der Waals surface area contributed by atoms with Gasteiger partial charge in [0, 0.05) is 35.8 Å². The molecule has 0 atom stereocenters. The van der Waals surface area contributed by atoms with Gasteiger partial charge < -0.3 is 10.2 Å². The summed E-state index contributed by atoms with van der Waals surface area (Å²) in [7, 11) is 3.41. The highest BCUT2D eigenvalue weighted by Gasteiger charge is 2.06. The predicted molar refractivity (Wildman–Crippen MR) is 100 cm³/mol. The molecule has 0 spiro atoms. The first-order valence-electron chi connectivity index (χ1n) is 7.18. The summed E-state index contributed by atoms with van der Waals surface area (Å²) in [6.45, 7) is 0. The van der Waals surface area contributed by atoms with E-state index >= 15 is 0 Å². The molecule has 0 fully saturated rings. The number of nitrogens with zero attached hydrogens (tertiary/aromatic N) is 1. The highest BCUT2D eigenvalue weighted by molar-refractivity contribution is 8.13. The summed E-state index contributed by atoms with van der Waals surface area (Å²) >= 11 is 6.95. The van der Waals surface area contributed by atoms with Gasteiger partial charge in [0.1, 0.15) is 0 Å². The Morgan fingerprint density at radius 1 is 1.04 bits per heavy atom. The Hall–Kier alpha value is -2.24. The molecule has 0 aromatic heterocycles. The number of hydrogen-bond donors (Lipinski definition) is 1. The minimum absolute atomic E-state index is 0.0438. The second kappa shape index (κ2) is 8.57. The van der Waals surface area contributed by atoms with Crippen molar-refractivity contribution in [2.45, 2.75) is 4.90 Å². The summed E-state index contributed by atoms with van der Waals surface area (Å²) in [6.07, 6.45) is 3.17. The third-order valence-corrected chi connectivity index (χ3v) is 4.29. The molecule has 0 heterocycles. The number of benzene rings is 2. The van der Waals surface area contributed by atoms with Crippen molar-refractivity contribution in [2.24, 2.45) is 0 Å². The summed E-state index contributed by atoms with van der Waals surface area (Å²) in [5.74, 6) is -0.227. The molecule has 0 aliphatic carbocycles. The van der Waals surface area contributed by atoms with E-state index in [0.717, 1.165) is 22.2 Å². The Bertz CT molecular complexity index is 741. The summed E-state index contributed by atoms with van der Waals surface area (Å²) in [6, 6.07) is 14.3. The minimum atomic E-state index is -0.227. The number of thioether (sulfide) groups is 1. The fourth-order valence-corrected chi connectivity index (χ4v) is 2.51. The van der Waals surface area contributed by atoms with Crippen molar-refractivity contribution in [3.05, 3.63) is 65.2 Å². The Morgan fingerprint density at radius 2 is 1.67 bits per heavy atom. The van der Waals surface area contributed by atoms with Crippen molar-refractivity contribution in [2.75, 3.05) is 19.4 Å². The zero-order chi connectivity index (χ0) is 17.5. The number of anilines is 1. The van der Waals surface area contributed by atoms with E-state index in [-0.39, 0.29) is 11.1 Å². The lowest BCUT2D eigenvalue weighted by atomic mass is 10.2. The first kappa shape index (κ1) is 18.1. The number of hydrogen-bond acceptors (Lipinski definition) is 3. The summed E-state index contributed by atoms with van der Waals surface area (Å²) in [5.41, 5.74) is 1.56. The minimum Gasteiger partial charge on any atom is -0.339 e. The quantitative estimate of drug-likeness (QED) is 0.631. The number of halogens is 1. The van der Waals surface area contributed by atoms with Crippen LogP contribution in [0.5, 0.6) is 0 Å². The molecule has 24 heavy (non-hydrogen) atoms. The van der Waals surface area contributed by atoms with E-state index in [1.165, 1.54) is 11.0 Å². The van der Waals surface area contributed by atoms with Crippen LogP contribution < -0.4 is 5.32 Å². The second-order valence-electron chi connectivity index (χ2n) is 5.16. The smallest absolute Gasteiger partial charge is 0.285 e. The Morgan fingerprint density at radius 3 is 2.25 bits per heavy atom. The predicted octanol–water partition coefficient (Wildman–Crippen LogP) is 4.77. The van der Waals surface area contributed by atoms with Crippen LogP contribution in [0.2, 0.25) is 5.02 Å². The molecule has 0 bridgehead atoms. The molecule has 0 unspecified atom stereocenters. The molecule has 0 saturated carbocycles. The number of rotatable bonds is 4. The number of carbonyl (C=O) groups excluding carboxylic acids is 2. The first-order valence-corrected chi connectivity index (χ1v) is 8.37. The van der Waals surface area contributed by atoms with Gasteiger partial charge in [-0.05, 0) is 59.8 Å². The van der Waals surface area contributed by atoms with E-state index in [1.807, 2.05) is 12.1 Å². The van der Waals surface area contributed by atoms with Crippen molar-refractivity contribution in [1.82, 2.24) is 4.90 Å². The normalized spacial score (nSPS) is 10.6. The SMILES string of the molecule is CN(C)C(=O)Sc1ccc(NC(=O)/C=C/c2ccc(Cl)cc2)cc1. The van der Waals surface area contributed by atoms with Crippen LogP contribution in [0.25, 0.3) is 6.08 Å². The third kappa shape index (κ3) is 5.76. The molecule has 1 N–H and O–H groups in total. The molecule has 124 valence electrons. The second-order valence-corrected chi connectivity index (χ2v) is 6.62. The number of carbonyl (C=O) groups is 2. The lowest BCUT2D eigenvalue weighted by Gasteiger charge is -2.09. The van der Waals surface area contributed by atoms with Crippen LogP contribution in [0.1, 0.15) is 5.56 Å². The Balaban J connectivity index is 1.92.